The van der Waals surface area contributed by atoms with Crippen LogP contribution >= 0.6 is 0 Å². The van der Waals surface area contributed by atoms with Gasteiger partial charge in [-0.1, -0.05) is 25.7 Å². The lowest BCUT2D eigenvalue weighted by Crippen LogP contribution is -2.03. The molecule has 0 aromatic heterocycles. The first kappa shape index (κ1) is 27.0. The molecule has 0 unspecified atom stereocenters. The van der Waals surface area contributed by atoms with Gasteiger partial charge < -0.3 is 10.4 Å². The molecule has 2 N–H and O–H groups in total. The van der Waals surface area contributed by atoms with Crippen LogP contribution in [0.4, 0.5) is 41.6 Å². The number of alkyl halides is 3. The van der Waals surface area contributed by atoms with E-state index in [4.69, 9.17) is 5.11 Å². The molecule has 0 radical (unpaired) electrons. The van der Waals surface area contributed by atoms with Crippen molar-refractivity contribution in [3.8, 4) is 0 Å². The van der Waals surface area contributed by atoms with Gasteiger partial charge in [-0.3, -0.25) is 0 Å². The molecule has 0 heterocycles. The van der Waals surface area contributed by atoms with Gasteiger partial charge in [0.1, 0.15) is 0 Å². The molecule has 0 amide bonds. The van der Waals surface area contributed by atoms with E-state index in [1.807, 2.05) is 24.3 Å². The highest BCUT2D eigenvalue weighted by atomic mass is 19.4. The highest BCUT2D eigenvalue weighted by molar-refractivity contribution is 5.52. The zero-order valence-electron chi connectivity index (χ0n) is 20.0. The van der Waals surface area contributed by atoms with Gasteiger partial charge in [0, 0.05) is 18.8 Å². The third-order valence-corrected chi connectivity index (χ3v) is 5.39. The van der Waals surface area contributed by atoms with E-state index in [1.165, 1.54) is 31.4 Å². The Balaban J connectivity index is 1.42. The van der Waals surface area contributed by atoms with Gasteiger partial charge in [0.2, 0.25) is 0 Å². The van der Waals surface area contributed by atoms with Gasteiger partial charge in [0.25, 0.3) is 0 Å². The van der Waals surface area contributed by atoms with Crippen molar-refractivity contribution in [2.75, 3.05) is 18.5 Å². The lowest BCUT2D eigenvalue weighted by molar-refractivity contribution is -0.137. The summed E-state index contributed by atoms with van der Waals surface area (Å²) in [5, 5.41) is 28.7. The van der Waals surface area contributed by atoms with Crippen LogP contribution in [0.2, 0.25) is 0 Å². The van der Waals surface area contributed by atoms with Crippen molar-refractivity contribution in [1.82, 2.24) is 0 Å². The molecule has 3 aromatic rings. The SMILES string of the molecule is OCCCCCCCCNc1ccc(N=Nc2ccc(N=Nc3ccc(C(F)(F)F)cc3)cc2)cc1. The molecule has 9 heteroatoms. The summed E-state index contributed by atoms with van der Waals surface area (Å²) in [7, 11) is 0. The van der Waals surface area contributed by atoms with E-state index in [9.17, 15) is 13.2 Å². The smallest absolute Gasteiger partial charge is 0.396 e. The molecule has 36 heavy (non-hydrogen) atoms. The number of halogens is 3. The molecule has 0 saturated heterocycles. The van der Waals surface area contributed by atoms with Crippen molar-refractivity contribution in [3.63, 3.8) is 0 Å². The van der Waals surface area contributed by atoms with E-state index in [0.29, 0.717) is 17.1 Å². The van der Waals surface area contributed by atoms with Crippen molar-refractivity contribution in [3.05, 3.63) is 78.4 Å². The predicted octanol–water partition coefficient (Wildman–Crippen LogP) is 9.28. The Morgan fingerprint density at radius 2 is 0.944 bits per heavy atom. The Labute approximate surface area is 209 Å². The Bertz CT molecular complexity index is 1100. The van der Waals surface area contributed by atoms with Gasteiger partial charge in [-0.15, -0.1) is 0 Å². The minimum Gasteiger partial charge on any atom is -0.396 e. The molecule has 0 atom stereocenters. The molecule has 0 bridgehead atoms. The standard InChI is InChI=1S/C27H30F3N5O/c28-27(29,30)21-7-9-23(10-8-21)32-34-25-15-17-26(18-16-25)35-33-24-13-11-22(12-14-24)31-19-5-3-1-2-4-6-20-36/h7-18,31,36H,1-6,19-20H2. The monoisotopic (exact) mass is 497 g/mol. The van der Waals surface area contributed by atoms with Crippen LogP contribution in [0, 0.1) is 0 Å². The molecular formula is C27H30F3N5O. The minimum absolute atomic E-state index is 0.285. The molecule has 6 nitrogen and oxygen atoms in total. The summed E-state index contributed by atoms with van der Waals surface area (Å²) >= 11 is 0. The number of aliphatic hydroxyl groups excluding tert-OH is 1. The highest BCUT2D eigenvalue weighted by Crippen LogP contribution is 2.31. The van der Waals surface area contributed by atoms with Crippen LogP contribution in [0.15, 0.2) is 93.3 Å². The first-order valence-corrected chi connectivity index (χ1v) is 12.0. The van der Waals surface area contributed by atoms with Gasteiger partial charge in [-0.2, -0.15) is 33.6 Å². The van der Waals surface area contributed by atoms with Crippen molar-refractivity contribution < 1.29 is 18.3 Å². The molecule has 0 saturated carbocycles. The van der Waals surface area contributed by atoms with Gasteiger partial charge in [0.05, 0.1) is 28.3 Å². The average Bonchev–Trinajstić information content (AvgIpc) is 2.89. The Hall–Kier alpha value is -3.59. The van der Waals surface area contributed by atoms with Gasteiger partial charge in [-0.05, 0) is 85.6 Å². The molecule has 3 rings (SSSR count). The average molecular weight is 498 g/mol. The van der Waals surface area contributed by atoms with Crippen molar-refractivity contribution in [1.29, 1.82) is 0 Å². The second-order valence-corrected chi connectivity index (χ2v) is 8.28. The van der Waals surface area contributed by atoms with Crippen molar-refractivity contribution in [2.45, 2.75) is 44.7 Å². The Morgan fingerprint density at radius 3 is 1.39 bits per heavy atom. The number of azo groups is 2. The number of anilines is 1. The zero-order chi connectivity index (χ0) is 25.6. The minimum atomic E-state index is -4.37. The van der Waals surface area contributed by atoms with E-state index in [1.54, 1.807) is 24.3 Å². The summed E-state index contributed by atoms with van der Waals surface area (Å²) in [5.41, 5.74) is 2.57. The summed E-state index contributed by atoms with van der Waals surface area (Å²) in [4.78, 5) is 0. The van der Waals surface area contributed by atoms with Gasteiger partial charge in [-0.25, -0.2) is 0 Å². The van der Waals surface area contributed by atoms with Gasteiger partial charge >= 0.3 is 6.18 Å². The van der Waals surface area contributed by atoms with E-state index in [2.05, 4.69) is 25.8 Å². The normalized spacial score (nSPS) is 12.0. The summed E-state index contributed by atoms with van der Waals surface area (Å²) in [6.45, 7) is 1.21. The Morgan fingerprint density at radius 1 is 0.556 bits per heavy atom. The maximum atomic E-state index is 12.6. The van der Waals surface area contributed by atoms with E-state index < -0.39 is 11.7 Å². The molecule has 190 valence electrons. The zero-order valence-corrected chi connectivity index (χ0v) is 20.0. The molecule has 0 fully saturated rings. The second kappa shape index (κ2) is 14.1. The van der Waals surface area contributed by atoms with Crippen LogP contribution in [0.5, 0.6) is 0 Å². The van der Waals surface area contributed by atoms with Crippen molar-refractivity contribution in [2.24, 2.45) is 20.5 Å². The number of nitrogens with one attached hydrogen (secondary N) is 1. The first-order valence-electron chi connectivity index (χ1n) is 12.0. The quantitative estimate of drug-likeness (QED) is 0.182. The lowest BCUT2D eigenvalue weighted by Gasteiger charge is -2.06. The van der Waals surface area contributed by atoms with E-state index in [-0.39, 0.29) is 6.61 Å². The fraction of sp³-hybridized carbons (Fsp3) is 0.333. The molecule has 0 aliphatic heterocycles. The van der Waals surface area contributed by atoms with Gasteiger partial charge in [0.15, 0.2) is 0 Å². The number of rotatable bonds is 13. The largest absolute Gasteiger partial charge is 0.416 e. The third-order valence-electron chi connectivity index (χ3n) is 5.39. The maximum Gasteiger partial charge on any atom is 0.416 e. The summed E-state index contributed by atoms with van der Waals surface area (Å²) < 4.78 is 37.9. The topological polar surface area (TPSA) is 81.7 Å². The predicted molar refractivity (Wildman–Crippen MR) is 136 cm³/mol. The van der Waals surface area contributed by atoms with Crippen LogP contribution in [0.3, 0.4) is 0 Å². The molecule has 0 aliphatic carbocycles. The second-order valence-electron chi connectivity index (χ2n) is 8.28. The highest BCUT2D eigenvalue weighted by Gasteiger charge is 2.29. The summed E-state index contributed by atoms with van der Waals surface area (Å²) in [6.07, 6.45) is 2.29. The number of hydrogen-bond donors (Lipinski definition) is 2. The number of benzene rings is 3. The van der Waals surface area contributed by atoms with Crippen molar-refractivity contribution >= 4 is 28.4 Å². The number of nitrogens with zero attached hydrogens (tertiary/aromatic N) is 4. The van der Waals surface area contributed by atoms with E-state index in [0.717, 1.165) is 49.3 Å². The van der Waals surface area contributed by atoms with Crippen LogP contribution in [0.25, 0.3) is 0 Å². The van der Waals surface area contributed by atoms with E-state index >= 15 is 0 Å². The first-order chi connectivity index (χ1) is 17.4. The molecule has 0 spiro atoms. The summed E-state index contributed by atoms with van der Waals surface area (Å²) in [5.74, 6) is 0. The van der Waals surface area contributed by atoms with Crippen LogP contribution in [-0.4, -0.2) is 18.3 Å². The lowest BCUT2D eigenvalue weighted by atomic mass is 10.1. The fourth-order valence-corrected chi connectivity index (χ4v) is 3.36. The molecule has 3 aromatic carbocycles. The molecular weight excluding hydrogens is 467 g/mol. The Kier molecular flexibility index (Phi) is 10.6. The maximum absolute atomic E-state index is 12.6. The van der Waals surface area contributed by atoms with Crippen LogP contribution in [-0.2, 0) is 6.18 Å². The number of unbranched alkanes of at least 4 members (excludes halogenated alkanes) is 5. The van der Waals surface area contributed by atoms with Crippen LogP contribution < -0.4 is 5.32 Å². The number of aliphatic hydroxyl groups is 1. The van der Waals surface area contributed by atoms with Crippen LogP contribution in [0.1, 0.15) is 44.1 Å². The summed E-state index contributed by atoms with van der Waals surface area (Å²) in [6, 6.07) is 19.1. The fourth-order valence-electron chi connectivity index (χ4n) is 3.36. The third kappa shape index (κ3) is 9.58. The molecule has 0 aliphatic rings. The number of hydrogen-bond acceptors (Lipinski definition) is 6.